The Bertz CT molecular complexity index is 590. The van der Waals surface area contributed by atoms with Gasteiger partial charge >= 0.3 is 0 Å². The Balaban J connectivity index is 2.39. The first kappa shape index (κ1) is 14.3. The number of benzene rings is 1. The number of Topliss-reactive ketones (excluding diaryl/α,β-unsaturated/α-hetero) is 1. The summed E-state index contributed by atoms with van der Waals surface area (Å²) in [6.07, 6.45) is 0.504. The van der Waals surface area contributed by atoms with Gasteiger partial charge in [0.2, 0.25) is 10.0 Å². The van der Waals surface area contributed by atoms with E-state index in [2.05, 4.69) is 0 Å². The van der Waals surface area contributed by atoms with Crippen LogP contribution in [0.4, 0.5) is 0 Å². The Morgan fingerprint density at radius 1 is 1.26 bits per heavy atom. The maximum absolute atomic E-state index is 12.5. The van der Waals surface area contributed by atoms with Crippen LogP contribution in [-0.2, 0) is 14.8 Å². The molecule has 7 heteroatoms. The summed E-state index contributed by atoms with van der Waals surface area (Å²) < 4.78 is 31.4. The molecule has 19 heavy (non-hydrogen) atoms. The minimum Gasteiger partial charge on any atom is -0.495 e. The second kappa shape index (κ2) is 5.48. The van der Waals surface area contributed by atoms with E-state index >= 15 is 0 Å². The third-order valence-electron chi connectivity index (χ3n) is 3.02. The third-order valence-corrected chi connectivity index (χ3v) is 5.18. The van der Waals surface area contributed by atoms with E-state index in [-0.39, 0.29) is 42.4 Å². The van der Waals surface area contributed by atoms with Crippen LogP contribution in [0.5, 0.6) is 5.75 Å². The maximum atomic E-state index is 12.5. The van der Waals surface area contributed by atoms with Gasteiger partial charge in [0, 0.05) is 31.0 Å². The Kier molecular flexibility index (Phi) is 4.13. The third kappa shape index (κ3) is 2.91. The predicted octanol–water partition coefficient (Wildman–Crippen LogP) is 1.70. The number of carbonyl (C=O) groups is 1. The van der Waals surface area contributed by atoms with Crippen molar-refractivity contribution in [2.24, 2.45) is 0 Å². The van der Waals surface area contributed by atoms with E-state index in [0.29, 0.717) is 5.02 Å². The van der Waals surface area contributed by atoms with Gasteiger partial charge in [0.05, 0.1) is 7.11 Å². The van der Waals surface area contributed by atoms with Crippen molar-refractivity contribution in [1.29, 1.82) is 0 Å². The SMILES string of the molecule is COc1ccc(Cl)cc1S(=O)(=O)N1CCC(=O)CC1. The number of hydrogen-bond acceptors (Lipinski definition) is 4. The lowest BCUT2D eigenvalue weighted by atomic mass is 10.1. The van der Waals surface area contributed by atoms with E-state index in [0.717, 1.165) is 0 Å². The number of nitrogens with zero attached hydrogens (tertiary/aromatic N) is 1. The molecule has 0 aliphatic carbocycles. The van der Waals surface area contributed by atoms with Crippen LogP contribution in [0.2, 0.25) is 5.02 Å². The number of sulfonamides is 1. The quantitative estimate of drug-likeness (QED) is 0.852. The van der Waals surface area contributed by atoms with Crippen LogP contribution in [0.3, 0.4) is 0 Å². The average molecular weight is 304 g/mol. The van der Waals surface area contributed by atoms with Gasteiger partial charge < -0.3 is 4.74 Å². The van der Waals surface area contributed by atoms with Crippen LogP contribution in [-0.4, -0.2) is 38.7 Å². The molecule has 1 aromatic carbocycles. The topological polar surface area (TPSA) is 63.7 Å². The highest BCUT2D eigenvalue weighted by Gasteiger charge is 2.30. The van der Waals surface area contributed by atoms with Gasteiger partial charge in [-0.25, -0.2) is 8.42 Å². The number of ether oxygens (including phenoxy) is 1. The van der Waals surface area contributed by atoms with Crippen molar-refractivity contribution in [1.82, 2.24) is 4.31 Å². The minimum atomic E-state index is -3.68. The fourth-order valence-corrected chi connectivity index (χ4v) is 3.83. The van der Waals surface area contributed by atoms with Gasteiger partial charge in [-0.05, 0) is 18.2 Å². The minimum absolute atomic E-state index is 0.0387. The molecule has 5 nitrogen and oxygen atoms in total. The molecule has 0 spiro atoms. The van der Waals surface area contributed by atoms with Crippen molar-refractivity contribution in [2.45, 2.75) is 17.7 Å². The highest BCUT2D eigenvalue weighted by atomic mass is 35.5. The van der Waals surface area contributed by atoms with Crippen molar-refractivity contribution in [3.8, 4) is 5.75 Å². The smallest absolute Gasteiger partial charge is 0.246 e. The molecule has 0 unspecified atom stereocenters. The van der Waals surface area contributed by atoms with Crippen molar-refractivity contribution in [3.63, 3.8) is 0 Å². The first-order valence-corrected chi connectivity index (χ1v) is 7.62. The average Bonchev–Trinajstić information content (AvgIpc) is 2.39. The largest absolute Gasteiger partial charge is 0.495 e. The molecular formula is C12H14ClNO4S. The zero-order valence-electron chi connectivity index (χ0n) is 10.4. The van der Waals surface area contributed by atoms with Crippen LogP contribution in [0.1, 0.15) is 12.8 Å². The molecule has 0 amide bonds. The van der Waals surface area contributed by atoms with E-state index in [9.17, 15) is 13.2 Å². The molecular weight excluding hydrogens is 290 g/mol. The fraction of sp³-hybridized carbons (Fsp3) is 0.417. The number of methoxy groups -OCH3 is 1. The summed E-state index contributed by atoms with van der Waals surface area (Å²) in [4.78, 5) is 11.2. The number of ketones is 1. The standard InChI is InChI=1S/C12H14ClNO4S/c1-18-11-3-2-9(13)8-12(11)19(16,17)14-6-4-10(15)5-7-14/h2-3,8H,4-7H2,1H3. The van der Waals surface area contributed by atoms with Crippen LogP contribution >= 0.6 is 11.6 Å². The first-order valence-electron chi connectivity index (χ1n) is 5.80. The molecule has 1 saturated heterocycles. The summed E-state index contributed by atoms with van der Waals surface area (Å²) in [5.41, 5.74) is 0. The fourth-order valence-electron chi connectivity index (χ4n) is 1.97. The van der Waals surface area contributed by atoms with Gasteiger partial charge in [-0.3, -0.25) is 4.79 Å². The number of hydrogen-bond donors (Lipinski definition) is 0. The number of carbonyl (C=O) groups excluding carboxylic acids is 1. The van der Waals surface area contributed by atoms with Crippen LogP contribution < -0.4 is 4.74 Å². The Labute approximate surface area is 117 Å². The van der Waals surface area contributed by atoms with Gasteiger partial charge in [0.15, 0.2) is 0 Å². The number of piperidine rings is 1. The van der Waals surface area contributed by atoms with Crippen molar-refractivity contribution >= 4 is 27.4 Å². The second-order valence-corrected chi connectivity index (χ2v) is 6.58. The van der Waals surface area contributed by atoms with Gasteiger partial charge in [-0.1, -0.05) is 11.6 Å². The van der Waals surface area contributed by atoms with Crippen LogP contribution in [0.25, 0.3) is 0 Å². The molecule has 2 rings (SSSR count). The van der Waals surface area contributed by atoms with E-state index in [1.165, 1.54) is 23.5 Å². The van der Waals surface area contributed by atoms with E-state index < -0.39 is 10.0 Å². The molecule has 104 valence electrons. The summed E-state index contributed by atoms with van der Waals surface area (Å²) in [5, 5.41) is 0.326. The Morgan fingerprint density at radius 3 is 2.47 bits per heavy atom. The van der Waals surface area contributed by atoms with Crippen LogP contribution in [0.15, 0.2) is 23.1 Å². The second-order valence-electron chi connectivity index (χ2n) is 4.24. The summed E-state index contributed by atoms with van der Waals surface area (Å²) in [5.74, 6) is 0.339. The first-order chi connectivity index (χ1) is 8.95. The van der Waals surface area contributed by atoms with Crippen LogP contribution in [0, 0.1) is 0 Å². The summed E-state index contributed by atoms with van der Waals surface area (Å²) in [7, 11) is -2.27. The van der Waals surface area contributed by atoms with Crippen molar-refractivity contribution < 1.29 is 17.9 Å². The number of halogens is 1. The molecule has 1 heterocycles. The van der Waals surface area contributed by atoms with Gasteiger partial charge in [0.25, 0.3) is 0 Å². The zero-order valence-corrected chi connectivity index (χ0v) is 12.0. The summed E-state index contributed by atoms with van der Waals surface area (Å²) >= 11 is 5.85. The number of rotatable bonds is 3. The van der Waals surface area contributed by atoms with E-state index in [1.54, 1.807) is 6.07 Å². The van der Waals surface area contributed by atoms with E-state index in [1.807, 2.05) is 0 Å². The van der Waals surface area contributed by atoms with Gasteiger partial charge in [-0.15, -0.1) is 0 Å². The molecule has 0 N–H and O–H groups in total. The van der Waals surface area contributed by atoms with Crippen molar-refractivity contribution in [3.05, 3.63) is 23.2 Å². The molecule has 0 radical (unpaired) electrons. The molecule has 1 aliphatic heterocycles. The lowest BCUT2D eigenvalue weighted by Gasteiger charge is -2.26. The molecule has 0 bridgehead atoms. The lowest BCUT2D eigenvalue weighted by Crippen LogP contribution is -2.38. The molecule has 0 atom stereocenters. The Hall–Kier alpha value is -1.11. The van der Waals surface area contributed by atoms with Crippen molar-refractivity contribution in [2.75, 3.05) is 20.2 Å². The van der Waals surface area contributed by atoms with Gasteiger partial charge in [0.1, 0.15) is 16.4 Å². The molecule has 1 aromatic rings. The molecule has 0 aromatic heterocycles. The zero-order chi connectivity index (χ0) is 14.0. The normalized spacial score (nSPS) is 17.5. The van der Waals surface area contributed by atoms with Gasteiger partial charge in [-0.2, -0.15) is 4.31 Å². The molecule has 1 aliphatic rings. The Morgan fingerprint density at radius 2 is 1.89 bits per heavy atom. The molecule has 1 fully saturated rings. The highest BCUT2D eigenvalue weighted by Crippen LogP contribution is 2.30. The molecule has 0 saturated carbocycles. The monoisotopic (exact) mass is 303 g/mol. The summed E-state index contributed by atoms with van der Waals surface area (Å²) in [6, 6.07) is 4.45. The van der Waals surface area contributed by atoms with E-state index in [4.69, 9.17) is 16.3 Å². The highest BCUT2D eigenvalue weighted by molar-refractivity contribution is 7.89. The predicted molar refractivity (Wildman–Crippen MR) is 71.0 cm³/mol. The maximum Gasteiger partial charge on any atom is 0.246 e. The lowest BCUT2D eigenvalue weighted by molar-refractivity contribution is -0.120. The summed E-state index contributed by atoms with van der Waals surface area (Å²) in [6.45, 7) is 0.410.